The van der Waals surface area contributed by atoms with Gasteiger partial charge in [-0.15, -0.1) is 0 Å². The van der Waals surface area contributed by atoms with E-state index in [9.17, 15) is 14.9 Å². The van der Waals surface area contributed by atoms with Crippen LogP contribution in [0.5, 0.6) is 5.75 Å². The summed E-state index contributed by atoms with van der Waals surface area (Å²) in [5.74, 6) is -0.163. The van der Waals surface area contributed by atoms with Crippen molar-refractivity contribution in [2.45, 2.75) is 6.92 Å². The van der Waals surface area contributed by atoms with Crippen LogP contribution in [-0.4, -0.2) is 30.2 Å². The van der Waals surface area contributed by atoms with Gasteiger partial charge in [-0.05, 0) is 31.2 Å². The number of carbonyl (C=O) groups is 1. The Bertz CT molecular complexity index is 790. The molecule has 2 N–H and O–H groups in total. The molecule has 1 amide bonds. The van der Waals surface area contributed by atoms with Crippen molar-refractivity contribution < 1.29 is 14.5 Å². The van der Waals surface area contributed by atoms with Gasteiger partial charge in [0.2, 0.25) is 0 Å². The van der Waals surface area contributed by atoms with Crippen LogP contribution in [0, 0.1) is 10.1 Å². The zero-order valence-electron chi connectivity index (χ0n) is 13.9. The molecule has 8 heteroatoms. The van der Waals surface area contributed by atoms with E-state index in [4.69, 9.17) is 4.74 Å². The molecular weight excluding hydrogens is 324 g/mol. The number of nitrogens with zero attached hydrogens (tertiary/aromatic N) is 2. The number of hydrogen-bond acceptors (Lipinski definition) is 6. The maximum atomic E-state index is 11.8. The smallest absolute Gasteiger partial charge is 0.311 e. The first-order valence-corrected chi connectivity index (χ1v) is 7.46. The molecule has 2 aromatic rings. The van der Waals surface area contributed by atoms with Gasteiger partial charge in [0.15, 0.2) is 5.75 Å². The number of methoxy groups -OCH3 is 1. The predicted octanol–water partition coefficient (Wildman–Crippen LogP) is 2.56. The van der Waals surface area contributed by atoms with Gasteiger partial charge in [-0.3, -0.25) is 14.9 Å². The van der Waals surface area contributed by atoms with E-state index in [0.717, 1.165) is 5.69 Å². The van der Waals surface area contributed by atoms with Crippen molar-refractivity contribution in [1.82, 2.24) is 5.43 Å². The number of nitro benzene ring substituents is 1. The number of carbonyl (C=O) groups excluding carboxylic acids is 1. The molecule has 0 fully saturated rings. The highest BCUT2D eigenvalue weighted by Gasteiger charge is 2.16. The largest absolute Gasteiger partial charge is 0.490 e. The minimum absolute atomic E-state index is 0.0591. The number of rotatable bonds is 7. The van der Waals surface area contributed by atoms with Gasteiger partial charge in [-0.25, -0.2) is 5.43 Å². The fourth-order valence-corrected chi connectivity index (χ4v) is 2.05. The minimum Gasteiger partial charge on any atom is -0.490 e. The van der Waals surface area contributed by atoms with Gasteiger partial charge in [0, 0.05) is 17.3 Å². The SMILES string of the molecule is COc1ccc(/C(C)=N\NC(=O)CNc2ccccc2)cc1[N+](=O)[O-]. The lowest BCUT2D eigenvalue weighted by Crippen LogP contribution is -2.26. The number of amides is 1. The van der Waals surface area contributed by atoms with Crippen LogP contribution >= 0.6 is 0 Å². The van der Waals surface area contributed by atoms with Crippen molar-refractivity contribution in [2.24, 2.45) is 5.10 Å². The lowest BCUT2D eigenvalue weighted by atomic mass is 10.1. The standard InChI is InChI=1S/C17H18N4O4/c1-12(13-8-9-16(25-2)15(10-13)21(23)24)19-20-17(22)11-18-14-6-4-3-5-7-14/h3-10,18H,11H2,1-2H3,(H,20,22)/b19-12-. The molecule has 0 radical (unpaired) electrons. The molecule has 0 bridgehead atoms. The maximum Gasteiger partial charge on any atom is 0.311 e. The second kappa shape index (κ2) is 8.44. The van der Waals surface area contributed by atoms with E-state index in [0.29, 0.717) is 11.3 Å². The van der Waals surface area contributed by atoms with Gasteiger partial charge in [0.25, 0.3) is 5.91 Å². The van der Waals surface area contributed by atoms with E-state index in [1.807, 2.05) is 30.3 Å². The Balaban J connectivity index is 2.00. The molecule has 8 nitrogen and oxygen atoms in total. The molecule has 0 aliphatic heterocycles. The van der Waals surface area contributed by atoms with Crippen molar-refractivity contribution in [3.05, 3.63) is 64.2 Å². The molecule has 25 heavy (non-hydrogen) atoms. The van der Waals surface area contributed by atoms with Gasteiger partial charge in [-0.2, -0.15) is 5.10 Å². The van der Waals surface area contributed by atoms with Crippen molar-refractivity contribution in [3.63, 3.8) is 0 Å². The summed E-state index contributed by atoms with van der Waals surface area (Å²) < 4.78 is 4.95. The van der Waals surface area contributed by atoms with Gasteiger partial charge in [-0.1, -0.05) is 18.2 Å². The van der Waals surface area contributed by atoms with Crippen molar-refractivity contribution >= 4 is 23.0 Å². The summed E-state index contributed by atoms with van der Waals surface area (Å²) in [6.45, 7) is 1.71. The number of anilines is 1. The molecule has 0 saturated carbocycles. The number of nitrogens with one attached hydrogen (secondary N) is 2. The van der Waals surface area contributed by atoms with Crippen LogP contribution in [0.4, 0.5) is 11.4 Å². The molecule has 0 saturated heterocycles. The zero-order chi connectivity index (χ0) is 18.2. The number of hydrazone groups is 1. The van der Waals surface area contributed by atoms with Crippen LogP contribution in [0.1, 0.15) is 12.5 Å². The van der Waals surface area contributed by atoms with Crippen LogP contribution < -0.4 is 15.5 Å². The highest BCUT2D eigenvalue weighted by molar-refractivity contribution is 6.00. The monoisotopic (exact) mass is 342 g/mol. The molecule has 0 aliphatic rings. The first kappa shape index (κ1) is 17.9. The topological polar surface area (TPSA) is 106 Å². The third-order valence-electron chi connectivity index (χ3n) is 3.37. The molecule has 0 spiro atoms. The normalized spacial score (nSPS) is 10.9. The quantitative estimate of drug-likeness (QED) is 0.457. The second-order valence-corrected chi connectivity index (χ2v) is 5.10. The molecule has 0 aliphatic carbocycles. The van der Waals surface area contributed by atoms with Crippen LogP contribution in [0.2, 0.25) is 0 Å². The first-order valence-electron chi connectivity index (χ1n) is 7.46. The summed E-state index contributed by atoms with van der Waals surface area (Å²) in [6, 6.07) is 13.8. The lowest BCUT2D eigenvalue weighted by molar-refractivity contribution is -0.385. The third kappa shape index (κ3) is 5.03. The van der Waals surface area contributed by atoms with Crippen LogP contribution in [0.25, 0.3) is 0 Å². The molecule has 2 rings (SSSR count). The number of para-hydroxylation sites is 1. The van der Waals surface area contributed by atoms with Gasteiger partial charge >= 0.3 is 5.69 Å². The molecule has 0 aromatic heterocycles. The zero-order valence-corrected chi connectivity index (χ0v) is 13.9. The van der Waals surface area contributed by atoms with E-state index < -0.39 is 4.92 Å². The predicted molar refractivity (Wildman–Crippen MR) is 94.9 cm³/mol. The Kier molecular flexibility index (Phi) is 6.05. The van der Waals surface area contributed by atoms with E-state index in [1.165, 1.54) is 19.2 Å². The molecular formula is C17H18N4O4. The Morgan fingerprint density at radius 3 is 2.60 bits per heavy atom. The summed E-state index contributed by atoms with van der Waals surface area (Å²) in [5.41, 5.74) is 4.04. The maximum absolute atomic E-state index is 11.8. The van der Waals surface area contributed by atoms with Crippen LogP contribution in [0.3, 0.4) is 0 Å². The van der Waals surface area contributed by atoms with E-state index in [2.05, 4.69) is 15.8 Å². The summed E-state index contributed by atoms with van der Waals surface area (Å²) in [5, 5.41) is 18.0. The average Bonchev–Trinajstić information content (AvgIpc) is 2.64. The van der Waals surface area contributed by atoms with E-state index in [1.54, 1.807) is 13.0 Å². The fraction of sp³-hybridized carbons (Fsp3) is 0.176. The summed E-state index contributed by atoms with van der Waals surface area (Å²) in [4.78, 5) is 22.3. The Morgan fingerprint density at radius 1 is 1.24 bits per heavy atom. The number of nitro groups is 1. The van der Waals surface area contributed by atoms with Crippen molar-refractivity contribution in [2.75, 3.05) is 19.0 Å². The minimum atomic E-state index is -0.530. The molecule has 2 aromatic carbocycles. The Hall–Kier alpha value is -3.42. The van der Waals surface area contributed by atoms with Crippen molar-refractivity contribution in [3.8, 4) is 5.75 Å². The summed E-state index contributed by atoms with van der Waals surface area (Å²) in [7, 11) is 1.36. The number of ether oxygens (including phenoxy) is 1. The average molecular weight is 342 g/mol. The number of hydrogen-bond donors (Lipinski definition) is 2. The second-order valence-electron chi connectivity index (χ2n) is 5.10. The summed E-state index contributed by atoms with van der Waals surface area (Å²) in [6.07, 6.45) is 0. The Labute approximate surface area is 144 Å². The van der Waals surface area contributed by atoms with Crippen molar-refractivity contribution in [1.29, 1.82) is 0 Å². The fourth-order valence-electron chi connectivity index (χ4n) is 2.05. The molecule has 0 heterocycles. The van der Waals surface area contributed by atoms with Gasteiger partial charge in [0.1, 0.15) is 0 Å². The third-order valence-corrected chi connectivity index (χ3v) is 3.37. The Morgan fingerprint density at radius 2 is 1.96 bits per heavy atom. The molecule has 0 atom stereocenters. The van der Waals surface area contributed by atoms with E-state index >= 15 is 0 Å². The number of benzene rings is 2. The van der Waals surface area contributed by atoms with E-state index in [-0.39, 0.29) is 23.9 Å². The summed E-state index contributed by atoms with van der Waals surface area (Å²) >= 11 is 0. The van der Waals surface area contributed by atoms with Gasteiger partial charge < -0.3 is 10.1 Å². The highest BCUT2D eigenvalue weighted by atomic mass is 16.6. The van der Waals surface area contributed by atoms with Crippen LogP contribution in [-0.2, 0) is 4.79 Å². The van der Waals surface area contributed by atoms with Crippen LogP contribution in [0.15, 0.2) is 53.6 Å². The van der Waals surface area contributed by atoms with Gasteiger partial charge in [0.05, 0.1) is 24.3 Å². The highest BCUT2D eigenvalue weighted by Crippen LogP contribution is 2.27. The molecule has 0 unspecified atom stereocenters. The first-order chi connectivity index (χ1) is 12.0. The molecule has 130 valence electrons. The lowest BCUT2D eigenvalue weighted by Gasteiger charge is -2.07.